The fourth-order valence-electron chi connectivity index (χ4n) is 3.30. The molecule has 0 saturated heterocycles. The standard InChI is InChI=1S/C24H31Cl2N3O4S/c1-5-6-14-27-24(31)18(3)28(15-20-21(25)8-7-9-22(20)26)23(30)16-29(34(4,32)33)19-12-10-17(2)11-13-19/h7-13,18H,5-6,14-16H2,1-4H3,(H,27,31)/t18-/m0/s1. The van der Waals surface area contributed by atoms with Crippen LogP contribution in [0.1, 0.15) is 37.8 Å². The summed E-state index contributed by atoms with van der Waals surface area (Å²) in [5.41, 5.74) is 1.79. The van der Waals surface area contributed by atoms with E-state index >= 15 is 0 Å². The first-order valence-electron chi connectivity index (χ1n) is 11.0. The van der Waals surface area contributed by atoms with Gasteiger partial charge in [-0.05, 0) is 44.5 Å². The van der Waals surface area contributed by atoms with Gasteiger partial charge in [0.25, 0.3) is 0 Å². The molecule has 0 heterocycles. The largest absolute Gasteiger partial charge is 0.354 e. The number of aryl methyl sites for hydroxylation is 1. The predicted molar refractivity (Wildman–Crippen MR) is 138 cm³/mol. The molecule has 0 aliphatic rings. The molecule has 2 aromatic rings. The van der Waals surface area contributed by atoms with E-state index in [0.717, 1.165) is 29.0 Å². The van der Waals surface area contributed by atoms with Crippen molar-refractivity contribution in [2.24, 2.45) is 0 Å². The molecule has 7 nitrogen and oxygen atoms in total. The number of rotatable bonds is 11. The number of nitrogens with zero attached hydrogens (tertiary/aromatic N) is 2. The van der Waals surface area contributed by atoms with Crippen LogP contribution in [0.5, 0.6) is 0 Å². The van der Waals surface area contributed by atoms with Gasteiger partial charge >= 0.3 is 0 Å². The van der Waals surface area contributed by atoms with E-state index in [-0.39, 0.29) is 12.5 Å². The number of nitrogens with one attached hydrogen (secondary N) is 1. The summed E-state index contributed by atoms with van der Waals surface area (Å²) in [7, 11) is -3.78. The molecule has 2 amide bonds. The number of carbonyl (C=O) groups is 2. The van der Waals surface area contributed by atoms with Crippen molar-refractivity contribution >= 4 is 50.7 Å². The van der Waals surface area contributed by atoms with Gasteiger partial charge in [0.1, 0.15) is 12.6 Å². The van der Waals surface area contributed by atoms with E-state index in [1.54, 1.807) is 49.4 Å². The first kappa shape index (κ1) is 28.0. The number of amides is 2. The second-order valence-electron chi connectivity index (χ2n) is 8.15. The van der Waals surface area contributed by atoms with Crippen molar-refractivity contribution in [1.29, 1.82) is 0 Å². The Kier molecular flexibility index (Phi) is 10.2. The van der Waals surface area contributed by atoms with Crippen molar-refractivity contribution in [3.05, 3.63) is 63.6 Å². The second-order valence-corrected chi connectivity index (χ2v) is 10.9. The van der Waals surface area contributed by atoms with Gasteiger partial charge in [-0.3, -0.25) is 13.9 Å². The normalized spacial score (nSPS) is 12.2. The van der Waals surface area contributed by atoms with E-state index in [2.05, 4.69) is 5.32 Å². The van der Waals surface area contributed by atoms with Gasteiger partial charge in [0.15, 0.2) is 0 Å². The first-order chi connectivity index (χ1) is 16.0. The number of halogens is 2. The molecule has 0 aliphatic carbocycles. The van der Waals surface area contributed by atoms with Crippen LogP contribution in [-0.2, 0) is 26.2 Å². The van der Waals surface area contributed by atoms with Gasteiger partial charge in [0.2, 0.25) is 21.8 Å². The molecule has 2 aromatic carbocycles. The molecule has 0 bridgehead atoms. The Hall–Kier alpha value is -2.29. The number of carbonyl (C=O) groups excluding carboxylic acids is 2. The van der Waals surface area contributed by atoms with Crippen molar-refractivity contribution in [3.63, 3.8) is 0 Å². The summed E-state index contributed by atoms with van der Waals surface area (Å²) in [4.78, 5) is 27.6. The number of hydrogen-bond acceptors (Lipinski definition) is 4. The molecule has 0 fully saturated rings. The molecule has 34 heavy (non-hydrogen) atoms. The van der Waals surface area contributed by atoms with Crippen LogP contribution in [0.4, 0.5) is 5.69 Å². The molecule has 10 heteroatoms. The zero-order valence-corrected chi connectivity index (χ0v) is 22.2. The van der Waals surface area contributed by atoms with Gasteiger partial charge in [0, 0.05) is 28.7 Å². The first-order valence-corrected chi connectivity index (χ1v) is 13.6. The Balaban J connectivity index is 2.39. The van der Waals surface area contributed by atoms with Crippen LogP contribution >= 0.6 is 23.2 Å². The van der Waals surface area contributed by atoms with Gasteiger partial charge in [0.05, 0.1) is 11.9 Å². The van der Waals surface area contributed by atoms with Gasteiger partial charge < -0.3 is 10.2 Å². The molecule has 0 radical (unpaired) electrons. The maximum atomic E-state index is 13.5. The topological polar surface area (TPSA) is 86.8 Å². The zero-order chi connectivity index (χ0) is 25.5. The lowest BCUT2D eigenvalue weighted by Gasteiger charge is -2.32. The Morgan fingerprint density at radius 2 is 1.65 bits per heavy atom. The van der Waals surface area contributed by atoms with Crippen LogP contribution in [0.25, 0.3) is 0 Å². The summed E-state index contributed by atoms with van der Waals surface area (Å²) in [6.07, 6.45) is 2.75. The van der Waals surface area contributed by atoms with Crippen LogP contribution < -0.4 is 9.62 Å². The Morgan fingerprint density at radius 1 is 1.06 bits per heavy atom. The second kappa shape index (κ2) is 12.4. The number of anilines is 1. The van der Waals surface area contributed by atoms with Crippen LogP contribution in [0.2, 0.25) is 10.0 Å². The minimum absolute atomic E-state index is 0.0504. The van der Waals surface area contributed by atoms with E-state index in [0.29, 0.717) is 27.8 Å². The van der Waals surface area contributed by atoms with Gasteiger partial charge in [-0.1, -0.05) is 60.3 Å². The van der Waals surface area contributed by atoms with Crippen LogP contribution in [0.3, 0.4) is 0 Å². The van der Waals surface area contributed by atoms with E-state index in [9.17, 15) is 18.0 Å². The lowest BCUT2D eigenvalue weighted by atomic mass is 10.1. The number of benzene rings is 2. The van der Waals surface area contributed by atoms with Crippen molar-refractivity contribution in [2.45, 2.75) is 46.2 Å². The molecule has 1 atom stereocenters. The third-order valence-corrected chi connectivity index (χ3v) is 7.24. The zero-order valence-electron chi connectivity index (χ0n) is 19.8. The highest BCUT2D eigenvalue weighted by Crippen LogP contribution is 2.27. The third-order valence-electron chi connectivity index (χ3n) is 5.39. The highest BCUT2D eigenvalue weighted by atomic mass is 35.5. The summed E-state index contributed by atoms with van der Waals surface area (Å²) < 4.78 is 26.1. The maximum absolute atomic E-state index is 13.5. The van der Waals surface area contributed by atoms with Crippen molar-refractivity contribution in [3.8, 4) is 0 Å². The summed E-state index contributed by atoms with van der Waals surface area (Å²) in [5, 5.41) is 3.52. The molecule has 0 spiro atoms. The summed E-state index contributed by atoms with van der Waals surface area (Å²) in [6, 6.07) is 10.9. The Bertz CT molecular complexity index is 1090. The molecule has 1 N–H and O–H groups in total. The fourth-order valence-corrected chi connectivity index (χ4v) is 4.66. The molecule has 0 unspecified atom stereocenters. The van der Waals surface area contributed by atoms with Gasteiger partial charge in [-0.15, -0.1) is 0 Å². The number of unbranched alkanes of at least 4 members (excludes halogenated alkanes) is 1. The molecular formula is C24H31Cl2N3O4S. The van der Waals surface area contributed by atoms with Crippen molar-refractivity contribution in [1.82, 2.24) is 10.2 Å². The van der Waals surface area contributed by atoms with Gasteiger partial charge in [-0.2, -0.15) is 0 Å². The summed E-state index contributed by atoms with van der Waals surface area (Å²) in [5.74, 6) is -0.897. The van der Waals surface area contributed by atoms with E-state index in [1.807, 2.05) is 13.8 Å². The number of sulfonamides is 1. The van der Waals surface area contributed by atoms with Crippen molar-refractivity contribution in [2.75, 3.05) is 23.7 Å². The Labute approximate surface area is 212 Å². The van der Waals surface area contributed by atoms with E-state index < -0.39 is 28.5 Å². The predicted octanol–water partition coefficient (Wildman–Crippen LogP) is 4.40. The number of hydrogen-bond donors (Lipinski definition) is 1. The van der Waals surface area contributed by atoms with Crippen LogP contribution in [-0.4, -0.2) is 50.5 Å². The highest BCUT2D eigenvalue weighted by molar-refractivity contribution is 7.92. The van der Waals surface area contributed by atoms with E-state index in [1.165, 1.54) is 4.90 Å². The van der Waals surface area contributed by atoms with Crippen LogP contribution in [0, 0.1) is 6.92 Å². The maximum Gasteiger partial charge on any atom is 0.244 e. The van der Waals surface area contributed by atoms with Gasteiger partial charge in [-0.25, -0.2) is 8.42 Å². The highest BCUT2D eigenvalue weighted by Gasteiger charge is 2.30. The summed E-state index contributed by atoms with van der Waals surface area (Å²) >= 11 is 12.6. The molecule has 2 rings (SSSR count). The smallest absolute Gasteiger partial charge is 0.244 e. The molecule has 0 aromatic heterocycles. The molecule has 0 saturated carbocycles. The van der Waals surface area contributed by atoms with E-state index in [4.69, 9.17) is 23.2 Å². The summed E-state index contributed by atoms with van der Waals surface area (Å²) in [6.45, 7) is 5.44. The van der Waals surface area contributed by atoms with Crippen LogP contribution in [0.15, 0.2) is 42.5 Å². The SMILES string of the molecule is CCCCNC(=O)[C@H](C)N(Cc1c(Cl)cccc1Cl)C(=O)CN(c1ccc(C)cc1)S(C)(=O)=O. The third kappa shape index (κ3) is 7.61. The van der Waals surface area contributed by atoms with Crippen molar-refractivity contribution < 1.29 is 18.0 Å². The average molecular weight is 529 g/mol. The molecule has 0 aliphatic heterocycles. The lowest BCUT2D eigenvalue weighted by molar-refractivity contribution is -0.139. The molecular weight excluding hydrogens is 497 g/mol. The molecule has 186 valence electrons. The Morgan fingerprint density at radius 3 is 2.18 bits per heavy atom. The average Bonchev–Trinajstić information content (AvgIpc) is 2.77. The monoisotopic (exact) mass is 527 g/mol. The lowest BCUT2D eigenvalue weighted by Crippen LogP contribution is -2.51. The minimum Gasteiger partial charge on any atom is -0.354 e. The fraction of sp³-hybridized carbons (Fsp3) is 0.417. The quantitative estimate of drug-likeness (QED) is 0.438. The minimum atomic E-state index is -3.78.